The number of Topliss-reactive ketones (excluding diaryl/α,β-unsaturated/α-hetero) is 5. The van der Waals surface area contributed by atoms with Gasteiger partial charge in [-0.25, -0.2) is 14.4 Å². The number of rotatable bonds is 49. The van der Waals surface area contributed by atoms with Gasteiger partial charge in [0.05, 0.1) is 52.7 Å². The standard InChI is InChI=1S/C24H35NO5.C20H30N2O5.C19H28O3.C18H26O3.C10H13NO2.C9H17NO4.C4H8O2.CH4/c1-5-6-8-11-17(2)22(27)16-20(15-19-12-9-7-10-13-19)23(28)25-21(14-18(3)26)24(29)30-4;1-15(23)17(12-8-9-13-21-18(24)27-20(2,3)4)22-19(25)26-14-16-10-6-5-7-11-16;1-4-5-7-10-15(2)18(20)14-17(19(21)22-3)13-16-11-8-6-9-12-16;1-3-4-6-9-14(2)17(19)13-16(18(20)21)12-15-10-7-5-8-11-15;1-13-10(12)9(11)7-8-5-3-2-4-6-8;1-9(2,3)14-7(11)5-6(10)8(12)13-4;5-4-2-1-3-6-4;/h7,9-10,12-13,17,20-21H,5-6,8,11,14-16H2,1-4H3,(H,25,28);5-7,10-11,17H,8-9,12-14H2,1-4H3,(H,21,24)(H,22,25);6,8-9,11-12,15,17H,4-5,7,10,13-14H2,1-3H3;5,7-8,10-11,14,16H,3-4,6,9,12-13H2,1-2H3,(H,20,21);2-6,9H,7,11H2,1H3;6H,5,10H2,1-4H3;4-5H,1-3H2;1H4/t17-,20+,21-;17-;15-,17+;14-,16+;9-;6-;;/m000000../s1. The highest BCUT2D eigenvalue weighted by Crippen LogP contribution is 2.24. The van der Waals surface area contributed by atoms with Gasteiger partial charge in [-0.1, -0.05) is 258 Å². The molecule has 0 spiro atoms. The number of unbranched alkanes of at least 4 members (excludes halogenated alkanes) is 7. The normalized spacial score (nSPS) is 13.9. The number of benzene rings is 5. The van der Waals surface area contributed by atoms with Gasteiger partial charge in [0.25, 0.3) is 0 Å². The fraction of sp³-hybridized carbons (Fsp3) is 0.581. The Bertz CT molecular complexity index is 4120. The Hall–Kier alpha value is -10.9. The van der Waals surface area contributed by atoms with Crippen molar-refractivity contribution in [1.29, 1.82) is 0 Å². The maximum Gasteiger partial charge on any atom is 0.408 e. The Balaban J connectivity index is 0. The van der Waals surface area contributed by atoms with Crippen molar-refractivity contribution in [3.05, 3.63) is 179 Å². The van der Waals surface area contributed by atoms with Crippen LogP contribution in [0.1, 0.15) is 273 Å². The molecule has 1 fully saturated rings. The SMILES string of the molecule is C.CC(=O)[C@H](CCCCNC(=O)OC(C)(C)C)NC(=O)OCc1ccccc1.CCCCC[C@H](C)C(=O)C[C@@H](Cc1ccccc1)C(=O)N[C@@H](CC(C)=O)C(=O)OC.CCCCC[C@H](C)C(=O)C[C@@H](Cc1ccccc1)C(=O)O.CCCCC[C@H](C)C(=O)C[C@@H](Cc1ccccc1)C(=O)OC.COC(=O)[C@@H](N)CC(=O)OC(C)(C)C.COC(=O)[C@@H](N)Cc1ccccc1.OC1CCCO1. The first-order valence-electron chi connectivity index (χ1n) is 46.5. The molecular formula is C105H161N5O24. The molecule has 1 aliphatic rings. The third-order valence-electron chi connectivity index (χ3n) is 20.8. The number of alkyl carbamates (subject to hydrolysis) is 2. The molecule has 134 heavy (non-hydrogen) atoms. The van der Waals surface area contributed by atoms with Crippen LogP contribution in [0.5, 0.6) is 0 Å². The van der Waals surface area contributed by atoms with Gasteiger partial charge < -0.3 is 75.5 Å². The van der Waals surface area contributed by atoms with E-state index in [1.165, 1.54) is 42.3 Å². The van der Waals surface area contributed by atoms with Gasteiger partial charge in [-0.3, -0.25) is 52.7 Å². The molecule has 0 bridgehead atoms. The minimum Gasteiger partial charge on any atom is -0.481 e. The van der Waals surface area contributed by atoms with Crippen LogP contribution in [0.15, 0.2) is 152 Å². The quantitative estimate of drug-likeness (QED) is 0.0108. The monoisotopic (exact) mass is 1880 g/mol. The maximum atomic E-state index is 13.0. The molecule has 0 aromatic heterocycles. The van der Waals surface area contributed by atoms with Gasteiger partial charge in [-0.05, 0) is 154 Å². The second kappa shape index (κ2) is 73.5. The molecule has 5 aromatic carbocycles. The summed E-state index contributed by atoms with van der Waals surface area (Å²) in [6.07, 6.45) is 16.6. The van der Waals surface area contributed by atoms with E-state index in [2.05, 4.69) is 46.2 Å². The number of methoxy groups -OCH3 is 4. The molecule has 1 heterocycles. The van der Waals surface area contributed by atoms with Crippen molar-refractivity contribution >= 4 is 82.8 Å². The highest BCUT2D eigenvalue weighted by atomic mass is 16.6. The van der Waals surface area contributed by atoms with Crippen molar-refractivity contribution in [2.75, 3.05) is 41.6 Å². The number of nitrogens with two attached hydrogens (primary N) is 2. The molecule has 0 radical (unpaired) electrons. The number of ether oxygens (including phenoxy) is 8. The van der Waals surface area contributed by atoms with Crippen LogP contribution in [0.3, 0.4) is 0 Å². The van der Waals surface area contributed by atoms with E-state index in [0.29, 0.717) is 51.5 Å². The number of esters is 5. The minimum atomic E-state index is -1.05. The first kappa shape index (κ1) is 125. The summed E-state index contributed by atoms with van der Waals surface area (Å²) in [6, 6.07) is 44.5. The predicted octanol–water partition coefficient (Wildman–Crippen LogP) is 17.2. The van der Waals surface area contributed by atoms with E-state index < -0.39 is 95.5 Å². The fourth-order valence-electron chi connectivity index (χ4n) is 13.2. The van der Waals surface area contributed by atoms with Crippen LogP contribution in [0.2, 0.25) is 0 Å². The molecule has 1 unspecified atom stereocenters. The van der Waals surface area contributed by atoms with E-state index in [0.717, 1.165) is 124 Å². The molecule has 1 saturated heterocycles. The maximum absolute atomic E-state index is 13.0. The lowest BCUT2D eigenvalue weighted by molar-refractivity contribution is -0.158. The molecular weight excluding hydrogens is 1720 g/mol. The van der Waals surface area contributed by atoms with Gasteiger partial charge in [-0.15, -0.1) is 0 Å². The van der Waals surface area contributed by atoms with Crippen LogP contribution in [-0.4, -0.2) is 176 Å². The highest BCUT2D eigenvalue weighted by molar-refractivity contribution is 5.93. The third kappa shape index (κ3) is 63.3. The summed E-state index contributed by atoms with van der Waals surface area (Å²) < 4.78 is 38.4. The Labute approximate surface area is 797 Å². The zero-order valence-electron chi connectivity index (χ0n) is 82.3. The summed E-state index contributed by atoms with van der Waals surface area (Å²) in [4.78, 5) is 165. The van der Waals surface area contributed by atoms with Crippen LogP contribution in [0, 0.1) is 35.5 Å². The van der Waals surface area contributed by atoms with E-state index >= 15 is 0 Å². The lowest BCUT2D eigenvalue weighted by Gasteiger charge is -2.22. The predicted molar refractivity (Wildman–Crippen MR) is 519 cm³/mol. The highest BCUT2D eigenvalue weighted by Gasteiger charge is 2.32. The summed E-state index contributed by atoms with van der Waals surface area (Å²) >= 11 is 0. The van der Waals surface area contributed by atoms with Gasteiger partial charge in [0.2, 0.25) is 5.91 Å². The number of ketones is 5. The molecule has 0 saturated carbocycles. The number of carbonyl (C=O) groups excluding carboxylic acids is 13. The van der Waals surface area contributed by atoms with Crippen molar-refractivity contribution in [3.8, 4) is 0 Å². The number of carboxylic acids is 1. The average Bonchev–Trinajstić information content (AvgIpc) is 0.937. The third-order valence-corrected chi connectivity index (χ3v) is 20.8. The largest absolute Gasteiger partial charge is 0.481 e. The van der Waals surface area contributed by atoms with Crippen molar-refractivity contribution in [1.82, 2.24) is 16.0 Å². The van der Waals surface area contributed by atoms with E-state index in [1.54, 1.807) is 41.5 Å². The Kier molecular flexibility index (Phi) is 68.7. The average molecular weight is 1880 g/mol. The van der Waals surface area contributed by atoms with Crippen LogP contribution in [0.25, 0.3) is 0 Å². The molecule has 6 rings (SSSR count). The lowest BCUT2D eigenvalue weighted by Crippen LogP contribution is -2.46. The summed E-state index contributed by atoms with van der Waals surface area (Å²) in [5, 5.41) is 25.7. The number of aliphatic carboxylic acids is 1. The summed E-state index contributed by atoms with van der Waals surface area (Å²) in [6.45, 7) is 26.9. The summed E-state index contributed by atoms with van der Waals surface area (Å²) in [5.74, 6) is -5.56. The number of nitrogens with one attached hydrogen (secondary N) is 3. The molecule has 0 aliphatic carbocycles. The van der Waals surface area contributed by atoms with Crippen molar-refractivity contribution in [2.24, 2.45) is 47.0 Å². The van der Waals surface area contributed by atoms with Gasteiger partial charge in [0, 0.05) is 68.9 Å². The number of carboxylic acid groups (broad SMARTS) is 1. The number of aliphatic hydroxyl groups excluding tert-OH is 1. The summed E-state index contributed by atoms with van der Waals surface area (Å²) in [7, 11) is 5.16. The van der Waals surface area contributed by atoms with E-state index in [4.69, 9.17) is 45.0 Å². The van der Waals surface area contributed by atoms with E-state index in [1.807, 2.05) is 172 Å². The number of hydrogen-bond acceptors (Lipinski definition) is 25. The van der Waals surface area contributed by atoms with Crippen LogP contribution < -0.4 is 27.4 Å². The number of hydrogen-bond donors (Lipinski definition) is 7. The second-order valence-corrected chi connectivity index (χ2v) is 35.2. The Morgan fingerprint density at radius 2 is 0.806 bits per heavy atom. The number of amides is 3. The molecule has 9 N–H and O–H groups in total. The Morgan fingerprint density at radius 3 is 1.16 bits per heavy atom. The Morgan fingerprint density at radius 1 is 0.433 bits per heavy atom. The zero-order valence-corrected chi connectivity index (χ0v) is 82.3. The van der Waals surface area contributed by atoms with Gasteiger partial charge in [0.15, 0.2) is 12.1 Å². The van der Waals surface area contributed by atoms with Crippen LogP contribution in [-0.2, 0) is 128 Å². The zero-order chi connectivity index (χ0) is 100. The number of carbonyl (C=O) groups is 14. The molecule has 29 heteroatoms. The lowest BCUT2D eigenvalue weighted by atomic mass is 9.87. The minimum absolute atomic E-state index is 0. The fourth-order valence-corrected chi connectivity index (χ4v) is 13.2. The summed E-state index contributed by atoms with van der Waals surface area (Å²) in [5.41, 5.74) is 14.7. The van der Waals surface area contributed by atoms with Crippen molar-refractivity contribution < 1.29 is 115 Å². The van der Waals surface area contributed by atoms with Crippen molar-refractivity contribution in [3.63, 3.8) is 0 Å². The van der Waals surface area contributed by atoms with Gasteiger partial charge in [-0.2, -0.15) is 0 Å². The molecule has 750 valence electrons. The van der Waals surface area contributed by atoms with Crippen molar-refractivity contribution in [2.45, 2.75) is 320 Å². The van der Waals surface area contributed by atoms with Crippen LogP contribution >= 0.6 is 0 Å². The first-order valence-corrected chi connectivity index (χ1v) is 46.5. The van der Waals surface area contributed by atoms with E-state index in [-0.39, 0.29) is 111 Å². The van der Waals surface area contributed by atoms with Gasteiger partial charge >= 0.3 is 48.0 Å². The van der Waals surface area contributed by atoms with Gasteiger partial charge in [0.1, 0.15) is 59.1 Å². The second-order valence-electron chi connectivity index (χ2n) is 35.2. The topological polar surface area (TPSA) is 441 Å². The molecule has 1 aliphatic heterocycles. The molecule has 11 atom stereocenters. The molecule has 29 nitrogen and oxygen atoms in total. The molecule has 3 amide bonds. The van der Waals surface area contributed by atoms with Crippen LogP contribution in [0.4, 0.5) is 9.59 Å². The molecule has 5 aromatic rings. The first-order chi connectivity index (χ1) is 63.0. The number of aliphatic hydroxyl groups is 1. The van der Waals surface area contributed by atoms with E-state index in [9.17, 15) is 72.2 Å². The smallest absolute Gasteiger partial charge is 0.408 e.